The molecule has 0 aliphatic rings. The van der Waals surface area contributed by atoms with E-state index in [9.17, 15) is 9.59 Å². The number of hydrogen-bond acceptors (Lipinski definition) is 4. The van der Waals surface area contributed by atoms with Crippen molar-refractivity contribution in [2.45, 2.75) is 52.7 Å². The van der Waals surface area contributed by atoms with E-state index in [-0.39, 0.29) is 11.8 Å². The van der Waals surface area contributed by atoms with Gasteiger partial charge in [-0.2, -0.15) is 0 Å². The Morgan fingerprint density at radius 3 is 2.45 bits per heavy atom. The van der Waals surface area contributed by atoms with Gasteiger partial charge in [-0.05, 0) is 33.1 Å². The maximum absolute atomic E-state index is 12.3. The minimum Gasteiger partial charge on any atom is -0.444 e. The third-order valence-corrected chi connectivity index (χ3v) is 2.46. The van der Waals surface area contributed by atoms with Crippen LogP contribution in [0.25, 0.3) is 0 Å². The van der Waals surface area contributed by atoms with E-state index in [4.69, 9.17) is 4.74 Å². The second-order valence-electron chi connectivity index (χ2n) is 6.14. The van der Waals surface area contributed by atoms with Crippen LogP contribution in [0.1, 0.15) is 45.8 Å². The summed E-state index contributed by atoms with van der Waals surface area (Å²) in [5.41, 5.74) is -0.593. The van der Waals surface area contributed by atoms with Gasteiger partial charge in [-0.15, -0.1) is 0 Å². The number of hydrogen-bond donors (Lipinski definition) is 1. The molecule has 112 valence electrons. The number of imidazole rings is 1. The molecule has 0 aliphatic heterocycles. The molecule has 6 nitrogen and oxygen atoms in total. The largest absolute Gasteiger partial charge is 0.444 e. The molecule has 0 aliphatic carbocycles. The number of aromatic nitrogens is 2. The normalized spacial score (nSPS) is 13.1. The summed E-state index contributed by atoms with van der Waals surface area (Å²) < 4.78 is 6.56. The zero-order valence-corrected chi connectivity index (χ0v) is 12.7. The maximum atomic E-state index is 12.3. The van der Waals surface area contributed by atoms with Crippen LogP contribution >= 0.6 is 0 Å². The molecule has 1 heterocycles. The summed E-state index contributed by atoms with van der Waals surface area (Å²) in [6, 6.07) is -0.626. The minimum atomic E-state index is -0.626. The fourth-order valence-corrected chi connectivity index (χ4v) is 1.71. The highest BCUT2D eigenvalue weighted by molar-refractivity contribution is 5.87. The molecule has 0 radical (unpaired) electrons. The molecular weight excluding hydrogens is 258 g/mol. The van der Waals surface area contributed by atoms with Crippen molar-refractivity contribution in [2.24, 2.45) is 5.92 Å². The average Bonchev–Trinajstić information content (AvgIpc) is 2.76. The first kappa shape index (κ1) is 16.2. The van der Waals surface area contributed by atoms with Crippen LogP contribution in [0.5, 0.6) is 0 Å². The Balaban J connectivity index is 2.75. The summed E-state index contributed by atoms with van der Waals surface area (Å²) in [5.74, 6) is 0.0458. The van der Waals surface area contributed by atoms with E-state index in [2.05, 4.69) is 10.3 Å². The van der Waals surface area contributed by atoms with Gasteiger partial charge in [0.2, 0.25) is 0 Å². The van der Waals surface area contributed by atoms with E-state index < -0.39 is 17.7 Å². The lowest BCUT2D eigenvalue weighted by Crippen LogP contribution is -2.45. The smallest absolute Gasteiger partial charge is 0.408 e. The number of alkyl carbamates (subject to hydrolysis) is 1. The Labute approximate surface area is 119 Å². The Morgan fingerprint density at radius 1 is 1.35 bits per heavy atom. The number of carbonyl (C=O) groups is 2. The van der Waals surface area contributed by atoms with E-state index in [1.807, 2.05) is 13.8 Å². The van der Waals surface area contributed by atoms with Crippen molar-refractivity contribution in [1.82, 2.24) is 14.9 Å². The van der Waals surface area contributed by atoms with E-state index in [1.54, 1.807) is 27.0 Å². The molecule has 20 heavy (non-hydrogen) atoms. The van der Waals surface area contributed by atoms with Crippen LogP contribution < -0.4 is 5.32 Å². The van der Waals surface area contributed by atoms with E-state index in [0.29, 0.717) is 6.42 Å². The molecule has 0 bridgehead atoms. The van der Waals surface area contributed by atoms with Crippen molar-refractivity contribution >= 4 is 12.0 Å². The van der Waals surface area contributed by atoms with Gasteiger partial charge in [-0.1, -0.05) is 13.8 Å². The third kappa shape index (κ3) is 5.42. The van der Waals surface area contributed by atoms with Crippen molar-refractivity contribution in [2.75, 3.05) is 0 Å². The summed E-state index contributed by atoms with van der Waals surface area (Å²) in [7, 11) is 0. The topological polar surface area (TPSA) is 73.2 Å². The van der Waals surface area contributed by atoms with E-state index in [0.717, 1.165) is 0 Å². The number of carbonyl (C=O) groups excluding carboxylic acids is 2. The SMILES string of the molecule is CC(C)C[C@@H](NC(=O)OC(C)(C)C)C(=O)n1ccnc1. The molecule has 1 rings (SSSR count). The molecule has 0 aromatic carbocycles. The van der Waals surface area contributed by atoms with Crippen LogP contribution in [0.2, 0.25) is 0 Å². The summed E-state index contributed by atoms with van der Waals surface area (Å²) >= 11 is 0. The van der Waals surface area contributed by atoms with Gasteiger partial charge in [-0.25, -0.2) is 9.78 Å². The van der Waals surface area contributed by atoms with Crippen LogP contribution in [0.4, 0.5) is 4.79 Å². The van der Waals surface area contributed by atoms with Crippen molar-refractivity contribution in [3.8, 4) is 0 Å². The van der Waals surface area contributed by atoms with Gasteiger partial charge in [-0.3, -0.25) is 9.36 Å². The molecule has 0 saturated carbocycles. The highest BCUT2D eigenvalue weighted by Crippen LogP contribution is 2.10. The van der Waals surface area contributed by atoms with Crippen molar-refractivity contribution < 1.29 is 14.3 Å². The highest BCUT2D eigenvalue weighted by atomic mass is 16.6. The standard InChI is InChI=1S/C14H23N3O3/c1-10(2)8-11(12(18)17-7-6-15-9-17)16-13(19)20-14(3,4)5/h6-7,9-11H,8H2,1-5H3,(H,16,19)/t11-/m1/s1. The number of nitrogens with one attached hydrogen (secondary N) is 1. The second-order valence-corrected chi connectivity index (χ2v) is 6.14. The third-order valence-electron chi connectivity index (χ3n) is 2.46. The number of ether oxygens (including phenoxy) is 1. The van der Waals surface area contributed by atoms with Gasteiger partial charge in [0, 0.05) is 12.4 Å². The van der Waals surface area contributed by atoms with Gasteiger partial charge >= 0.3 is 6.09 Å². The first-order valence-electron chi connectivity index (χ1n) is 6.70. The molecule has 6 heteroatoms. The Hall–Kier alpha value is -1.85. The Bertz CT molecular complexity index is 447. The van der Waals surface area contributed by atoms with Gasteiger partial charge < -0.3 is 10.1 Å². The van der Waals surface area contributed by atoms with Crippen LogP contribution in [-0.4, -0.2) is 33.2 Å². The molecule has 1 aromatic heterocycles. The zero-order valence-electron chi connectivity index (χ0n) is 12.7. The first-order chi connectivity index (χ1) is 9.19. The molecule has 1 amide bonds. The maximum Gasteiger partial charge on any atom is 0.408 e. The fraction of sp³-hybridized carbons (Fsp3) is 0.643. The Morgan fingerprint density at radius 2 is 2.00 bits per heavy atom. The molecule has 1 atom stereocenters. The van der Waals surface area contributed by atoms with Crippen LogP contribution in [-0.2, 0) is 4.74 Å². The van der Waals surface area contributed by atoms with Gasteiger partial charge in [0.05, 0.1) is 0 Å². The number of rotatable bonds is 4. The molecule has 1 N–H and O–H groups in total. The predicted octanol–water partition coefficient (Wildman–Crippen LogP) is 2.46. The lowest BCUT2D eigenvalue weighted by molar-refractivity contribution is 0.0475. The van der Waals surface area contributed by atoms with Crippen molar-refractivity contribution in [3.05, 3.63) is 18.7 Å². The number of nitrogens with zero attached hydrogens (tertiary/aromatic N) is 2. The van der Waals surface area contributed by atoms with E-state index in [1.165, 1.54) is 17.1 Å². The average molecular weight is 281 g/mol. The summed E-state index contributed by atoms with van der Waals surface area (Å²) in [6.07, 6.45) is 4.46. The van der Waals surface area contributed by atoms with Gasteiger partial charge in [0.1, 0.15) is 18.0 Å². The predicted molar refractivity (Wildman–Crippen MR) is 75.5 cm³/mol. The molecule has 1 aromatic rings. The Kier molecular flexibility index (Phi) is 5.30. The summed E-state index contributed by atoms with van der Waals surface area (Å²) in [4.78, 5) is 28.0. The van der Waals surface area contributed by atoms with Gasteiger partial charge in [0.25, 0.3) is 5.91 Å². The summed E-state index contributed by atoms with van der Waals surface area (Å²) in [5, 5.41) is 2.63. The lowest BCUT2D eigenvalue weighted by atomic mass is 10.0. The summed E-state index contributed by atoms with van der Waals surface area (Å²) in [6.45, 7) is 9.32. The minimum absolute atomic E-state index is 0.220. The lowest BCUT2D eigenvalue weighted by Gasteiger charge is -2.24. The monoisotopic (exact) mass is 281 g/mol. The van der Waals surface area contributed by atoms with Crippen LogP contribution in [0, 0.1) is 5.92 Å². The highest BCUT2D eigenvalue weighted by Gasteiger charge is 2.25. The molecule has 0 saturated heterocycles. The number of amides is 1. The van der Waals surface area contributed by atoms with E-state index >= 15 is 0 Å². The van der Waals surface area contributed by atoms with Gasteiger partial charge in [0.15, 0.2) is 0 Å². The fourth-order valence-electron chi connectivity index (χ4n) is 1.71. The van der Waals surface area contributed by atoms with Crippen LogP contribution in [0.15, 0.2) is 18.7 Å². The van der Waals surface area contributed by atoms with Crippen LogP contribution in [0.3, 0.4) is 0 Å². The first-order valence-corrected chi connectivity index (χ1v) is 6.70. The zero-order chi connectivity index (χ0) is 15.3. The quantitative estimate of drug-likeness (QED) is 0.920. The van der Waals surface area contributed by atoms with Crippen molar-refractivity contribution in [1.29, 1.82) is 0 Å². The molecular formula is C14H23N3O3. The second kappa shape index (κ2) is 6.54. The molecule has 0 fully saturated rings. The molecule has 0 unspecified atom stereocenters. The van der Waals surface area contributed by atoms with Crippen molar-refractivity contribution in [3.63, 3.8) is 0 Å². The molecule has 0 spiro atoms.